The molecular formula is C21H20N2O3S. The molecule has 0 fully saturated rings. The first-order valence-electron chi connectivity index (χ1n) is 8.53. The third kappa shape index (κ3) is 4.65. The van der Waals surface area contributed by atoms with E-state index in [1.807, 2.05) is 38.1 Å². The zero-order valence-electron chi connectivity index (χ0n) is 15.2. The summed E-state index contributed by atoms with van der Waals surface area (Å²) < 4.78 is 0. The molecule has 0 aliphatic carbocycles. The van der Waals surface area contributed by atoms with Crippen molar-refractivity contribution in [3.63, 3.8) is 0 Å². The molecule has 2 N–H and O–H groups in total. The fourth-order valence-corrected chi connectivity index (χ4v) is 3.68. The minimum atomic E-state index is -0.961. The molecule has 0 atom stereocenters. The van der Waals surface area contributed by atoms with Crippen molar-refractivity contribution in [1.82, 2.24) is 9.97 Å². The number of H-pyrrole nitrogens is 1. The Kier molecular flexibility index (Phi) is 5.76. The first kappa shape index (κ1) is 18.9. The van der Waals surface area contributed by atoms with Gasteiger partial charge in [-0.1, -0.05) is 59.8 Å². The average Bonchev–Trinajstić information content (AvgIpc) is 2.64. The molecule has 0 unspecified atom stereocenters. The second-order valence-corrected chi connectivity index (χ2v) is 7.31. The molecule has 0 spiro atoms. The number of thioether (sulfide) groups is 1. The molecule has 0 bridgehead atoms. The Morgan fingerprint density at radius 1 is 1.11 bits per heavy atom. The SMILES string of the molecule is Cc1ccc(Cc2c(C)nc(SCc3ccccc3C(=O)O)[nH]c2=O)cc1. The molecule has 0 radical (unpaired) electrons. The van der Waals surface area contributed by atoms with E-state index in [1.165, 1.54) is 17.3 Å². The van der Waals surface area contributed by atoms with Gasteiger partial charge in [-0.15, -0.1) is 0 Å². The van der Waals surface area contributed by atoms with E-state index in [-0.39, 0.29) is 11.1 Å². The molecule has 1 aromatic heterocycles. The van der Waals surface area contributed by atoms with Crippen LogP contribution in [-0.2, 0) is 12.2 Å². The lowest BCUT2D eigenvalue weighted by molar-refractivity contribution is 0.0696. The number of carboxylic acids is 1. The standard InChI is InChI=1S/C21H20N2O3S/c1-13-7-9-15(10-8-13)11-18-14(2)22-21(23-19(18)24)27-12-16-5-3-4-6-17(16)20(25)26/h3-10H,11-12H2,1-2H3,(H,25,26)(H,22,23,24). The number of aromatic nitrogens is 2. The molecule has 0 saturated heterocycles. The molecule has 138 valence electrons. The maximum absolute atomic E-state index is 12.5. The van der Waals surface area contributed by atoms with Gasteiger partial charge in [0.15, 0.2) is 5.16 Å². The van der Waals surface area contributed by atoms with Crippen molar-refractivity contribution in [2.45, 2.75) is 31.2 Å². The van der Waals surface area contributed by atoms with Crippen LogP contribution >= 0.6 is 11.8 Å². The van der Waals surface area contributed by atoms with Crippen LogP contribution in [0.4, 0.5) is 0 Å². The molecule has 2 aromatic carbocycles. The average molecular weight is 380 g/mol. The molecule has 6 heteroatoms. The number of hydrogen-bond donors (Lipinski definition) is 2. The van der Waals surface area contributed by atoms with Gasteiger partial charge in [0, 0.05) is 23.4 Å². The van der Waals surface area contributed by atoms with Crippen LogP contribution in [0.3, 0.4) is 0 Å². The number of benzene rings is 2. The van der Waals surface area contributed by atoms with Gasteiger partial charge in [-0.3, -0.25) is 4.79 Å². The molecule has 1 heterocycles. The van der Waals surface area contributed by atoms with Crippen LogP contribution < -0.4 is 5.56 Å². The van der Waals surface area contributed by atoms with Gasteiger partial charge < -0.3 is 10.1 Å². The quantitative estimate of drug-likeness (QED) is 0.499. The van der Waals surface area contributed by atoms with Crippen molar-refractivity contribution in [2.24, 2.45) is 0 Å². The van der Waals surface area contributed by atoms with E-state index in [0.29, 0.717) is 34.2 Å². The van der Waals surface area contributed by atoms with Crippen LogP contribution in [0.15, 0.2) is 58.5 Å². The highest BCUT2D eigenvalue weighted by molar-refractivity contribution is 7.98. The molecule has 27 heavy (non-hydrogen) atoms. The van der Waals surface area contributed by atoms with Crippen molar-refractivity contribution in [1.29, 1.82) is 0 Å². The molecule has 3 rings (SSSR count). The monoisotopic (exact) mass is 380 g/mol. The van der Waals surface area contributed by atoms with Gasteiger partial charge in [-0.05, 0) is 31.0 Å². The highest BCUT2D eigenvalue weighted by Gasteiger charge is 2.12. The van der Waals surface area contributed by atoms with Crippen LogP contribution in [0, 0.1) is 13.8 Å². The molecule has 0 aliphatic rings. The summed E-state index contributed by atoms with van der Waals surface area (Å²) in [4.78, 5) is 31.1. The largest absolute Gasteiger partial charge is 0.478 e. The second-order valence-electron chi connectivity index (χ2n) is 6.35. The predicted molar refractivity (Wildman–Crippen MR) is 107 cm³/mol. The topological polar surface area (TPSA) is 83.0 Å². The zero-order valence-corrected chi connectivity index (χ0v) is 16.0. The lowest BCUT2D eigenvalue weighted by atomic mass is 10.0. The summed E-state index contributed by atoms with van der Waals surface area (Å²) in [6.07, 6.45) is 0.529. The summed E-state index contributed by atoms with van der Waals surface area (Å²) in [6.45, 7) is 3.85. The molecule has 0 amide bonds. The number of carboxylic acid groups (broad SMARTS) is 1. The summed E-state index contributed by atoms with van der Waals surface area (Å²) in [7, 11) is 0. The van der Waals surface area contributed by atoms with Crippen molar-refractivity contribution in [3.05, 3.63) is 92.4 Å². The van der Waals surface area contributed by atoms with Crippen LogP contribution in [0.1, 0.15) is 38.3 Å². The molecular weight excluding hydrogens is 360 g/mol. The molecule has 0 aliphatic heterocycles. The van der Waals surface area contributed by atoms with E-state index >= 15 is 0 Å². The lowest BCUT2D eigenvalue weighted by Crippen LogP contribution is -2.17. The number of nitrogens with one attached hydrogen (secondary N) is 1. The minimum absolute atomic E-state index is 0.155. The fourth-order valence-electron chi connectivity index (χ4n) is 2.77. The summed E-state index contributed by atoms with van der Waals surface area (Å²) in [5.41, 5.74) is 4.38. The van der Waals surface area contributed by atoms with Crippen LogP contribution in [0.25, 0.3) is 0 Å². The summed E-state index contributed by atoms with van der Waals surface area (Å²) in [5.74, 6) is -0.542. The number of aromatic amines is 1. The van der Waals surface area contributed by atoms with Gasteiger partial charge >= 0.3 is 5.97 Å². The third-order valence-electron chi connectivity index (χ3n) is 4.31. The molecule has 3 aromatic rings. The maximum Gasteiger partial charge on any atom is 0.335 e. The second kappa shape index (κ2) is 8.22. The molecule has 5 nitrogen and oxygen atoms in total. The van der Waals surface area contributed by atoms with E-state index < -0.39 is 5.97 Å². The Labute approximate surface area is 161 Å². The normalized spacial score (nSPS) is 10.7. The summed E-state index contributed by atoms with van der Waals surface area (Å²) in [5, 5.41) is 9.75. The van der Waals surface area contributed by atoms with E-state index in [1.54, 1.807) is 24.3 Å². The van der Waals surface area contributed by atoms with Gasteiger partial charge in [-0.25, -0.2) is 9.78 Å². The molecule has 0 saturated carbocycles. The fraction of sp³-hybridized carbons (Fsp3) is 0.190. The van der Waals surface area contributed by atoms with Gasteiger partial charge in [0.25, 0.3) is 5.56 Å². The highest BCUT2D eigenvalue weighted by Crippen LogP contribution is 2.22. The van der Waals surface area contributed by atoms with E-state index in [9.17, 15) is 14.7 Å². The van der Waals surface area contributed by atoms with Crippen LogP contribution in [-0.4, -0.2) is 21.0 Å². The smallest absolute Gasteiger partial charge is 0.335 e. The van der Waals surface area contributed by atoms with Crippen molar-refractivity contribution >= 4 is 17.7 Å². The summed E-state index contributed by atoms with van der Waals surface area (Å²) >= 11 is 1.32. The Morgan fingerprint density at radius 2 is 1.81 bits per heavy atom. The summed E-state index contributed by atoms with van der Waals surface area (Å²) in [6, 6.07) is 14.9. The van der Waals surface area contributed by atoms with Crippen molar-refractivity contribution < 1.29 is 9.90 Å². The van der Waals surface area contributed by atoms with Crippen molar-refractivity contribution in [2.75, 3.05) is 0 Å². The minimum Gasteiger partial charge on any atom is -0.478 e. The lowest BCUT2D eigenvalue weighted by Gasteiger charge is -2.09. The van der Waals surface area contributed by atoms with Crippen LogP contribution in [0.5, 0.6) is 0 Å². The zero-order chi connectivity index (χ0) is 19.4. The van der Waals surface area contributed by atoms with Crippen molar-refractivity contribution in [3.8, 4) is 0 Å². The number of carbonyl (C=O) groups is 1. The van der Waals surface area contributed by atoms with E-state index in [2.05, 4.69) is 9.97 Å². The Balaban J connectivity index is 1.78. The Morgan fingerprint density at radius 3 is 2.48 bits per heavy atom. The van der Waals surface area contributed by atoms with Gasteiger partial charge in [-0.2, -0.15) is 0 Å². The van der Waals surface area contributed by atoms with Crippen LogP contribution in [0.2, 0.25) is 0 Å². The van der Waals surface area contributed by atoms with E-state index in [4.69, 9.17) is 0 Å². The number of aryl methyl sites for hydroxylation is 2. The third-order valence-corrected chi connectivity index (χ3v) is 5.24. The first-order valence-corrected chi connectivity index (χ1v) is 9.52. The Hall–Kier alpha value is -2.86. The highest BCUT2D eigenvalue weighted by atomic mass is 32.2. The van der Waals surface area contributed by atoms with Gasteiger partial charge in [0.05, 0.1) is 5.56 Å². The number of aromatic carboxylic acids is 1. The van der Waals surface area contributed by atoms with Gasteiger partial charge in [0.2, 0.25) is 0 Å². The predicted octanol–water partition coefficient (Wildman–Crippen LogP) is 3.97. The number of nitrogens with zero attached hydrogens (tertiary/aromatic N) is 1. The van der Waals surface area contributed by atoms with E-state index in [0.717, 1.165) is 5.56 Å². The first-order chi connectivity index (χ1) is 12.9. The van der Waals surface area contributed by atoms with Gasteiger partial charge in [0.1, 0.15) is 0 Å². The maximum atomic E-state index is 12.5. The Bertz CT molecular complexity index is 1030. The number of rotatable bonds is 6. The number of hydrogen-bond acceptors (Lipinski definition) is 4.